The van der Waals surface area contributed by atoms with E-state index in [1.165, 1.54) is 11.8 Å². The Kier molecular flexibility index (Phi) is 6.42. The predicted octanol–water partition coefficient (Wildman–Crippen LogP) is 1.39. The second-order valence-corrected chi connectivity index (χ2v) is 4.37. The maximum Gasteiger partial charge on any atom is 0.234 e. The van der Waals surface area contributed by atoms with Gasteiger partial charge in [0.05, 0.1) is 30.8 Å². The number of ether oxygens (including phenoxy) is 1. The van der Waals surface area contributed by atoms with Crippen LogP contribution in [0.25, 0.3) is 0 Å². The van der Waals surface area contributed by atoms with Crippen molar-refractivity contribution in [3.63, 3.8) is 0 Å². The Balaban J connectivity index is 2.32. The van der Waals surface area contributed by atoms with Crippen LogP contribution in [-0.4, -0.2) is 40.9 Å². The molecule has 94 valence electrons. The Morgan fingerprint density at radius 2 is 2.59 bits per heavy atom. The Morgan fingerprint density at radius 1 is 1.76 bits per heavy atom. The van der Waals surface area contributed by atoms with Gasteiger partial charge >= 0.3 is 0 Å². The zero-order valence-corrected chi connectivity index (χ0v) is 10.7. The molecule has 0 saturated carbocycles. The summed E-state index contributed by atoms with van der Waals surface area (Å²) in [7, 11) is 1.64. The van der Waals surface area contributed by atoms with Crippen LogP contribution in [-0.2, 0) is 16.1 Å². The van der Waals surface area contributed by atoms with Crippen LogP contribution in [0, 0.1) is 0 Å². The van der Waals surface area contributed by atoms with E-state index in [1.54, 1.807) is 30.3 Å². The van der Waals surface area contributed by atoms with Gasteiger partial charge < -0.3 is 10.1 Å². The summed E-state index contributed by atoms with van der Waals surface area (Å²) in [6.07, 6.45) is 5.20. The number of nitrogens with zero attached hydrogens (tertiary/aromatic N) is 2. The van der Waals surface area contributed by atoms with Gasteiger partial charge in [0, 0.05) is 19.1 Å². The number of carbonyl (C=O) groups is 1. The Hall–Kier alpha value is -1.27. The SMILES string of the molecule is C=CCSCC(=O)Nc1cnn(CCOC)c1. The highest BCUT2D eigenvalue weighted by Gasteiger charge is 2.04. The molecule has 0 fully saturated rings. The number of rotatable bonds is 8. The average Bonchev–Trinajstić information content (AvgIpc) is 2.74. The fraction of sp³-hybridized carbons (Fsp3) is 0.455. The minimum Gasteiger partial charge on any atom is -0.383 e. The first-order valence-electron chi connectivity index (χ1n) is 5.26. The minimum atomic E-state index is -0.0249. The quantitative estimate of drug-likeness (QED) is 0.563. The highest BCUT2D eigenvalue weighted by atomic mass is 32.2. The molecule has 0 unspecified atom stereocenters. The van der Waals surface area contributed by atoms with E-state index in [2.05, 4.69) is 17.0 Å². The molecule has 0 aromatic carbocycles. The van der Waals surface area contributed by atoms with E-state index in [9.17, 15) is 4.79 Å². The van der Waals surface area contributed by atoms with Crippen molar-refractivity contribution in [3.05, 3.63) is 25.0 Å². The maximum atomic E-state index is 11.5. The summed E-state index contributed by atoms with van der Waals surface area (Å²) in [5, 5.41) is 6.88. The van der Waals surface area contributed by atoms with Gasteiger partial charge in [0.1, 0.15) is 0 Å². The number of aromatic nitrogens is 2. The number of thioether (sulfide) groups is 1. The van der Waals surface area contributed by atoms with Crippen LogP contribution >= 0.6 is 11.8 Å². The third-order valence-electron chi connectivity index (χ3n) is 1.91. The molecule has 1 aromatic heterocycles. The summed E-state index contributed by atoms with van der Waals surface area (Å²) in [6.45, 7) is 4.88. The van der Waals surface area contributed by atoms with E-state index in [-0.39, 0.29) is 5.91 Å². The number of hydrogen-bond acceptors (Lipinski definition) is 4. The second-order valence-electron chi connectivity index (χ2n) is 3.34. The molecule has 1 aromatic rings. The molecule has 1 rings (SSSR count). The fourth-order valence-corrected chi connectivity index (χ4v) is 1.71. The van der Waals surface area contributed by atoms with Gasteiger partial charge in [-0.3, -0.25) is 9.48 Å². The molecule has 6 heteroatoms. The second kappa shape index (κ2) is 7.92. The lowest BCUT2D eigenvalue weighted by Gasteiger charge is -2.01. The Morgan fingerprint density at radius 3 is 3.29 bits per heavy atom. The van der Waals surface area contributed by atoms with E-state index in [4.69, 9.17) is 4.74 Å². The molecular formula is C11H17N3O2S. The summed E-state index contributed by atoms with van der Waals surface area (Å²) >= 11 is 1.52. The van der Waals surface area contributed by atoms with Crippen molar-refractivity contribution in [2.45, 2.75) is 6.54 Å². The van der Waals surface area contributed by atoms with Crippen molar-refractivity contribution in [2.24, 2.45) is 0 Å². The van der Waals surface area contributed by atoms with Gasteiger partial charge in [-0.1, -0.05) is 6.08 Å². The molecule has 0 spiro atoms. The Bertz CT molecular complexity index is 365. The first-order chi connectivity index (χ1) is 8.26. The van der Waals surface area contributed by atoms with E-state index in [0.717, 1.165) is 5.75 Å². The van der Waals surface area contributed by atoms with Crippen LogP contribution in [0.15, 0.2) is 25.0 Å². The first kappa shape index (κ1) is 13.8. The average molecular weight is 255 g/mol. The summed E-state index contributed by atoms with van der Waals surface area (Å²) < 4.78 is 6.67. The molecule has 0 aliphatic rings. The monoisotopic (exact) mass is 255 g/mol. The molecule has 1 heterocycles. The van der Waals surface area contributed by atoms with Crippen molar-refractivity contribution >= 4 is 23.4 Å². The van der Waals surface area contributed by atoms with Crippen molar-refractivity contribution in [2.75, 3.05) is 30.5 Å². The molecule has 0 radical (unpaired) electrons. The first-order valence-corrected chi connectivity index (χ1v) is 6.41. The van der Waals surface area contributed by atoms with Crippen LogP contribution in [0.5, 0.6) is 0 Å². The molecule has 0 atom stereocenters. The summed E-state index contributed by atoms with van der Waals surface area (Å²) in [6, 6.07) is 0. The standard InChI is InChI=1S/C11H17N3O2S/c1-3-6-17-9-11(15)13-10-7-12-14(8-10)4-5-16-2/h3,7-8H,1,4-6,9H2,2H3,(H,13,15). The van der Waals surface area contributed by atoms with E-state index in [1.807, 2.05) is 0 Å². The molecule has 5 nitrogen and oxygen atoms in total. The highest BCUT2D eigenvalue weighted by molar-refractivity contribution is 8.00. The largest absolute Gasteiger partial charge is 0.383 e. The van der Waals surface area contributed by atoms with Gasteiger partial charge in [-0.05, 0) is 0 Å². The minimum absolute atomic E-state index is 0.0249. The number of amides is 1. The lowest BCUT2D eigenvalue weighted by molar-refractivity contribution is -0.113. The topological polar surface area (TPSA) is 56.2 Å². The van der Waals surface area contributed by atoms with E-state index >= 15 is 0 Å². The van der Waals surface area contributed by atoms with Crippen LogP contribution in [0.1, 0.15) is 0 Å². The van der Waals surface area contributed by atoms with E-state index < -0.39 is 0 Å². The van der Waals surface area contributed by atoms with Gasteiger partial charge in [-0.25, -0.2) is 0 Å². The third kappa shape index (κ3) is 5.55. The van der Waals surface area contributed by atoms with Gasteiger partial charge in [0.15, 0.2) is 0 Å². The number of anilines is 1. The van der Waals surface area contributed by atoms with Gasteiger partial charge in [-0.2, -0.15) is 5.10 Å². The summed E-state index contributed by atoms with van der Waals surface area (Å²) in [5.41, 5.74) is 0.713. The van der Waals surface area contributed by atoms with Crippen LogP contribution < -0.4 is 5.32 Å². The number of nitrogens with one attached hydrogen (secondary N) is 1. The lowest BCUT2D eigenvalue weighted by atomic mass is 10.5. The Labute approximate surface area is 105 Å². The molecular weight excluding hydrogens is 238 g/mol. The van der Waals surface area contributed by atoms with Crippen molar-refractivity contribution in [1.82, 2.24) is 9.78 Å². The molecule has 0 saturated heterocycles. The maximum absolute atomic E-state index is 11.5. The van der Waals surface area contributed by atoms with E-state index in [0.29, 0.717) is 24.6 Å². The fourth-order valence-electron chi connectivity index (χ4n) is 1.17. The lowest BCUT2D eigenvalue weighted by Crippen LogP contribution is -2.13. The zero-order valence-electron chi connectivity index (χ0n) is 9.89. The number of carbonyl (C=O) groups excluding carboxylic acids is 1. The highest BCUT2D eigenvalue weighted by Crippen LogP contribution is 2.06. The molecule has 17 heavy (non-hydrogen) atoms. The molecule has 0 aliphatic heterocycles. The number of hydrogen-bond donors (Lipinski definition) is 1. The van der Waals surface area contributed by atoms with Crippen molar-refractivity contribution in [3.8, 4) is 0 Å². The number of methoxy groups -OCH3 is 1. The zero-order chi connectivity index (χ0) is 12.5. The van der Waals surface area contributed by atoms with Crippen LogP contribution in [0.3, 0.4) is 0 Å². The van der Waals surface area contributed by atoms with Gasteiger partial charge in [-0.15, -0.1) is 18.3 Å². The van der Waals surface area contributed by atoms with Crippen molar-refractivity contribution < 1.29 is 9.53 Å². The molecule has 1 amide bonds. The molecule has 1 N–H and O–H groups in total. The van der Waals surface area contributed by atoms with Gasteiger partial charge in [0.2, 0.25) is 5.91 Å². The normalized spacial score (nSPS) is 10.2. The summed E-state index contributed by atoms with van der Waals surface area (Å²) in [5.74, 6) is 1.18. The molecule has 0 aliphatic carbocycles. The van der Waals surface area contributed by atoms with Gasteiger partial charge in [0.25, 0.3) is 0 Å². The van der Waals surface area contributed by atoms with Crippen LogP contribution in [0.4, 0.5) is 5.69 Å². The van der Waals surface area contributed by atoms with Crippen molar-refractivity contribution in [1.29, 1.82) is 0 Å². The molecule has 0 bridgehead atoms. The van der Waals surface area contributed by atoms with Crippen LogP contribution in [0.2, 0.25) is 0 Å². The summed E-state index contributed by atoms with van der Waals surface area (Å²) in [4.78, 5) is 11.5. The predicted molar refractivity (Wildman–Crippen MR) is 70.3 cm³/mol. The smallest absolute Gasteiger partial charge is 0.234 e. The third-order valence-corrected chi connectivity index (χ3v) is 2.85.